The molecule has 0 spiro atoms. The Kier molecular flexibility index (Phi) is 3.71. The second-order valence-corrected chi connectivity index (χ2v) is 4.45. The summed E-state index contributed by atoms with van der Waals surface area (Å²) in [5, 5.41) is 0.595. The maximum absolute atomic E-state index is 13.4. The molecule has 2 rings (SSSR count). The summed E-state index contributed by atoms with van der Waals surface area (Å²) >= 11 is 1.08. The lowest BCUT2D eigenvalue weighted by atomic mass is 10.3. The average Bonchev–Trinajstić information content (AvgIpc) is 2.34. The van der Waals surface area contributed by atoms with Crippen molar-refractivity contribution in [2.24, 2.45) is 5.73 Å². The van der Waals surface area contributed by atoms with Crippen molar-refractivity contribution in [3.63, 3.8) is 0 Å². The number of aromatic nitrogens is 1. The Morgan fingerprint density at radius 2 is 2.00 bits per heavy atom. The number of hydrogen-bond acceptors (Lipinski definition) is 3. The number of nitrogens with zero attached hydrogens (tertiary/aromatic N) is 1. The van der Waals surface area contributed by atoms with Crippen LogP contribution in [0.4, 0.5) is 8.78 Å². The monoisotopic (exact) mass is 252 g/mol. The highest BCUT2D eigenvalue weighted by molar-refractivity contribution is 7.99. The summed E-state index contributed by atoms with van der Waals surface area (Å²) in [7, 11) is 0. The zero-order valence-electron chi connectivity index (χ0n) is 8.86. The summed E-state index contributed by atoms with van der Waals surface area (Å²) in [5.41, 5.74) is 6.40. The molecule has 0 saturated carbocycles. The van der Waals surface area contributed by atoms with Crippen LogP contribution in [0.1, 0.15) is 5.56 Å². The van der Waals surface area contributed by atoms with Gasteiger partial charge >= 0.3 is 0 Å². The van der Waals surface area contributed by atoms with Crippen molar-refractivity contribution in [2.75, 3.05) is 0 Å². The second-order valence-electron chi connectivity index (χ2n) is 3.38. The van der Waals surface area contributed by atoms with Gasteiger partial charge in [-0.3, -0.25) is 0 Å². The van der Waals surface area contributed by atoms with Crippen LogP contribution >= 0.6 is 11.8 Å². The SMILES string of the molecule is NCc1ccnc(Sc2cc(F)ccc2F)c1. The fraction of sp³-hybridized carbons (Fsp3) is 0.0833. The Labute approximate surface area is 102 Å². The third-order valence-electron chi connectivity index (χ3n) is 2.14. The summed E-state index contributed by atoms with van der Waals surface area (Å²) in [4.78, 5) is 4.29. The summed E-state index contributed by atoms with van der Waals surface area (Å²) in [5.74, 6) is -0.930. The smallest absolute Gasteiger partial charge is 0.137 e. The van der Waals surface area contributed by atoms with Gasteiger partial charge in [0.05, 0.1) is 4.90 Å². The maximum Gasteiger partial charge on any atom is 0.137 e. The molecule has 2 aromatic rings. The lowest BCUT2D eigenvalue weighted by Gasteiger charge is -2.04. The van der Waals surface area contributed by atoms with Crippen molar-refractivity contribution in [1.82, 2.24) is 4.98 Å². The van der Waals surface area contributed by atoms with Gasteiger partial charge in [0.2, 0.25) is 0 Å². The topological polar surface area (TPSA) is 38.9 Å². The molecule has 0 unspecified atom stereocenters. The van der Waals surface area contributed by atoms with Gasteiger partial charge in [-0.25, -0.2) is 13.8 Å². The molecule has 0 aliphatic rings. The number of hydrogen-bond donors (Lipinski definition) is 1. The van der Waals surface area contributed by atoms with Gasteiger partial charge in [-0.1, -0.05) is 11.8 Å². The summed E-state index contributed by atoms with van der Waals surface area (Å²) < 4.78 is 26.4. The predicted octanol–water partition coefficient (Wildman–Crippen LogP) is 2.97. The van der Waals surface area contributed by atoms with Gasteiger partial charge in [-0.15, -0.1) is 0 Å². The van der Waals surface area contributed by atoms with E-state index in [0.29, 0.717) is 11.6 Å². The van der Waals surface area contributed by atoms with E-state index in [2.05, 4.69) is 4.98 Å². The van der Waals surface area contributed by atoms with Gasteiger partial charge < -0.3 is 5.73 Å². The van der Waals surface area contributed by atoms with E-state index >= 15 is 0 Å². The molecule has 1 heterocycles. The van der Waals surface area contributed by atoms with Gasteiger partial charge in [0.1, 0.15) is 16.7 Å². The number of pyridine rings is 1. The molecular weight excluding hydrogens is 242 g/mol. The van der Waals surface area contributed by atoms with Crippen molar-refractivity contribution < 1.29 is 8.78 Å². The second kappa shape index (κ2) is 5.25. The molecule has 1 aromatic heterocycles. The molecule has 0 amide bonds. The summed E-state index contributed by atoms with van der Waals surface area (Å²) in [6.45, 7) is 0.391. The van der Waals surface area contributed by atoms with E-state index in [9.17, 15) is 8.78 Å². The number of rotatable bonds is 3. The van der Waals surface area contributed by atoms with E-state index in [4.69, 9.17) is 5.73 Å². The van der Waals surface area contributed by atoms with Crippen molar-refractivity contribution in [3.8, 4) is 0 Å². The van der Waals surface area contributed by atoms with E-state index < -0.39 is 11.6 Å². The minimum Gasteiger partial charge on any atom is -0.326 e. The molecule has 0 aliphatic carbocycles. The lowest BCUT2D eigenvalue weighted by Crippen LogP contribution is -1.96. The van der Waals surface area contributed by atoms with Crippen LogP contribution in [0.5, 0.6) is 0 Å². The highest BCUT2D eigenvalue weighted by atomic mass is 32.2. The zero-order valence-corrected chi connectivity index (χ0v) is 9.68. The molecule has 0 aliphatic heterocycles. The first kappa shape index (κ1) is 12.0. The third kappa shape index (κ3) is 3.01. The number of halogens is 2. The van der Waals surface area contributed by atoms with Gasteiger partial charge in [0.25, 0.3) is 0 Å². The van der Waals surface area contributed by atoms with Crippen LogP contribution in [-0.2, 0) is 6.54 Å². The van der Waals surface area contributed by atoms with Crippen LogP contribution in [0.25, 0.3) is 0 Å². The first-order valence-corrected chi connectivity index (χ1v) is 5.78. The van der Waals surface area contributed by atoms with Gasteiger partial charge in [-0.2, -0.15) is 0 Å². The Balaban J connectivity index is 2.27. The van der Waals surface area contributed by atoms with Crippen molar-refractivity contribution in [2.45, 2.75) is 16.5 Å². The summed E-state index contributed by atoms with van der Waals surface area (Å²) in [6.07, 6.45) is 1.60. The molecule has 0 radical (unpaired) electrons. The first-order valence-electron chi connectivity index (χ1n) is 4.97. The normalized spacial score (nSPS) is 10.5. The Bertz CT molecular complexity index is 532. The largest absolute Gasteiger partial charge is 0.326 e. The third-order valence-corrected chi connectivity index (χ3v) is 3.11. The fourth-order valence-corrected chi connectivity index (χ4v) is 2.19. The van der Waals surface area contributed by atoms with E-state index in [1.807, 2.05) is 0 Å². The van der Waals surface area contributed by atoms with Crippen LogP contribution in [-0.4, -0.2) is 4.98 Å². The van der Waals surface area contributed by atoms with Crippen LogP contribution in [0.2, 0.25) is 0 Å². The molecule has 0 bridgehead atoms. The molecule has 2 N–H and O–H groups in total. The molecule has 17 heavy (non-hydrogen) atoms. The van der Waals surface area contributed by atoms with Crippen molar-refractivity contribution >= 4 is 11.8 Å². The summed E-state index contributed by atoms with van der Waals surface area (Å²) in [6, 6.07) is 6.88. The highest BCUT2D eigenvalue weighted by Crippen LogP contribution is 2.29. The van der Waals surface area contributed by atoms with Crippen LogP contribution in [0, 0.1) is 11.6 Å². The molecule has 0 fully saturated rings. The zero-order chi connectivity index (χ0) is 12.3. The Morgan fingerprint density at radius 1 is 1.18 bits per heavy atom. The van der Waals surface area contributed by atoms with Crippen LogP contribution in [0.3, 0.4) is 0 Å². The predicted molar refractivity (Wildman–Crippen MR) is 62.6 cm³/mol. The molecule has 88 valence electrons. The number of benzene rings is 1. The first-order chi connectivity index (χ1) is 8.19. The Morgan fingerprint density at radius 3 is 2.76 bits per heavy atom. The molecule has 2 nitrogen and oxygen atoms in total. The quantitative estimate of drug-likeness (QED) is 0.912. The van der Waals surface area contributed by atoms with Crippen LogP contribution < -0.4 is 5.73 Å². The lowest BCUT2D eigenvalue weighted by molar-refractivity contribution is 0.577. The molecule has 0 atom stereocenters. The molecule has 1 aromatic carbocycles. The highest BCUT2D eigenvalue weighted by Gasteiger charge is 2.07. The Hall–Kier alpha value is -1.46. The van der Waals surface area contributed by atoms with E-state index in [1.54, 1.807) is 18.3 Å². The standard InChI is InChI=1S/C12H10F2N2S/c13-9-1-2-10(14)11(6-9)17-12-5-8(7-15)3-4-16-12/h1-6H,7,15H2. The molecule has 5 heteroatoms. The van der Waals surface area contributed by atoms with Gasteiger partial charge in [-0.05, 0) is 35.9 Å². The molecule has 0 saturated heterocycles. The van der Waals surface area contributed by atoms with Crippen molar-refractivity contribution in [1.29, 1.82) is 0 Å². The maximum atomic E-state index is 13.4. The van der Waals surface area contributed by atoms with Crippen LogP contribution in [0.15, 0.2) is 46.5 Å². The van der Waals surface area contributed by atoms with E-state index in [1.165, 1.54) is 0 Å². The minimum atomic E-state index is -0.469. The van der Waals surface area contributed by atoms with E-state index in [-0.39, 0.29) is 4.90 Å². The average molecular weight is 252 g/mol. The minimum absolute atomic E-state index is 0.215. The fourth-order valence-electron chi connectivity index (χ4n) is 1.30. The van der Waals surface area contributed by atoms with Crippen molar-refractivity contribution in [3.05, 3.63) is 53.7 Å². The van der Waals surface area contributed by atoms with Gasteiger partial charge in [0.15, 0.2) is 0 Å². The molecular formula is C12H10F2N2S. The van der Waals surface area contributed by atoms with Gasteiger partial charge in [0, 0.05) is 12.7 Å². The van der Waals surface area contributed by atoms with E-state index in [0.717, 1.165) is 35.5 Å². The number of nitrogens with two attached hydrogens (primary N) is 1.